The monoisotopic (exact) mass is 207 g/mol. The van der Waals surface area contributed by atoms with Gasteiger partial charge in [0.2, 0.25) is 0 Å². The van der Waals surface area contributed by atoms with Gasteiger partial charge in [-0.1, -0.05) is 26.0 Å². The van der Waals surface area contributed by atoms with Crippen LogP contribution in [0.15, 0.2) is 24.3 Å². The van der Waals surface area contributed by atoms with E-state index in [9.17, 15) is 0 Å². The zero-order valence-corrected chi connectivity index (χ0v) is 9.86. The SMILES string of the molecule is CCC(CC)Oc1cccc([C@@H](C)N)c1. The number of hydrogen-bond donors (Lipinski definition) is 1. The fourth-order valence-electron chi connectivity index (χ4n) is 1.52. The maximum absolute atomic E-state index is 5.85. The van der Waals surface area contributed by atoms with Crippen molar-refractivity contribution in [3.8, 4) is 5.75 Å². The summed E-state index contributed by atoms with van der Waals surface area (Å²) in [6.07, 6.45) is 2.39. The molecule has 15 heavy (non-hydrogen) atoms. The zero-order chi connectivity index (χ0) is 11.3. The van der Waals surface area contributed by atoms with E-state index in [0.717, 1.165) is 24.2 Å². The molecule has 0 aromatic heterocycles. The van der Waals surface area contributed by atoms with Gasteiger partial charge in [0.15, 0.2) is 0 Å². The summed E-state index contributed by atoms with van der Waals surface area (Å²) in [5.41, 5.74) is 6.95. The number of benzene rings is 1. The molecule has 0 saturated carbocycles. The Morgan fingerprint density at radius 1 is 1.27 bits per heavy atom. The highest BCUT2D eigenvalue weighted by atomic mass is 16.5. The van der Waals surface area contributed by atoms with Gasteiger partial charge in [-0.15, -0.1) is 0 Å². The molecule has 0 amide bonds. The second kappa shape index (κ2) is 5.76. The first kappa shape index (κ1) is 12.1. The minimum absolute atomic E-state index is 0.0650. The van der Waals surface area contributed by atoms with Crippen molar-refractivity contribution in [1.29, 1.82) is 0 Å². The molecule has 0 saturated heterocycles. The van der Waals surface area contributed by atoms with Gasteiger partial charge in [-0.25, -0.2) is 0 Å². The first-order chi connectivity index (χ1) is 7.17. The first-order valence-corrected chi connectivity index (χ1v) is 5.69. The standard InChI is InChI=1S/C13H21NO/c1-4-12(5-2)15-13-8-6-7-11(9-13)10(3)14/h6-10,12H,4-5,14H2,1-3H3/t10-/m1/s1. The summed E-state index contributed by atoms with van der Waals surface area (Å²) in [4.78, 5) is 0. The van der Waals surface area contributed by atoms with E-state index in [4.69, 9.17) is 10.5 Å². The lowest BCUT2D eigenvalue weighted by Gasteiger charge is -2.16. The summed E-state index contributed by atoms with van der Waals surface area (Å²) in [6.45, 7) is 6.27. The van der Waals surface area contributed by atoms with Gasteiger partial charge in [0, 0.05) is 6.04 Å². The predicted octanol–water partition coefficient (Wildman–Crippen LogP) is 3.27. The highest BCUT2D eigenvalue weighted by Crippen LogP contribution is 2.20. The van der Waals surface area contributed by atoms with E-state index < -0.39 is 0 Å². The molecule has 2 nitrogen and oxygen atoms in total. The molecule has 2 N–H and O–H groups in total. The van der Waals surface area contributed by atoms with E-state index >= 15 is 0 Å². The molecule has 0 aliphatic carbocycles. The second-order valence-corrected chi connectivity index (χ2v) is 3.92. The lowest BCUT2D eigenvalue weighted by atomic mass is 10.1. The third kappa shape index (κ3) is 3.56. The Balaban J connectivity index is 2.72. The average molecular weight is 207 g/mol. The van der Waals surface area contributed by atoms with E-state index in [-0.39, 0.29) is 6.04 Å². The van der Waals surface area contributed by atoms with Gasteiger partial charge in [0.25, 0.3) is 0 Å². The molecule has 0 aliphatic heterocycles. The van der Waals surface area contributed by atoms with Crippen LogP contribution in [0.2, 0.25) is 0 Å². The molecule has 0 spiro atoms. The maximum Gasteiger partial charge on any atom is 0.120 e. The number of ether oxygens (including phenoxy) is 1. The Morgan fingerprint density at radius 3 is 2.47 bits per heavy atom. The maximum atomic E-state index is 5.85. The Hall–Kier alpha value is -1.02. The largest absolute Gasteiger partial charge is 0.490 e. The molecule has 1 atom stereocenters. The average Bonchev–Trinajstić information content (AvgIpc) is 2.26. The number of rotatable bonds is 5. The molecule has 0 fully saturated rings. The number of nitrogens with two attached hydrogens (primary N) is 1. The van der Waals surface area contributed by atoms with Crippen LogP contribution < -0.4 is 10.5 Å². The summed E-state index contributed by atoms with van der Waals surface area (Å²) >= 11 is 0. The lowest BCUT2D eigenvalue weighted by molar-refractivity contribution is 0.192. The van der Waals surface area contributed by atoms with Crippen LogP contribution in [0.4, 0.5) is 0 Å². The van der Waals surface area contributed by atoms with Crippen molar-refractivity contribution >= 4 is 0 Å². The van der Waals surface area contributed by atoms with Crippen LogP contribution in [0.3, 0.4) is 0 Å². The highest BCUT2D eigenvalue weighted by molar-refractivity contribution is 5.30. The fourth-order valence-corrected chi connectivity index (χ4v) is 1.52. The van der Waals surface area contributed by atoms with Crippen molar-refractivity contribution in [2.75, 3.05) is 0 Å². The van der Waals surface area contributed by atoms with Gasteiger partial charge in [-0.3, -0.25) is 0 Å². The normalized spacial score (nSPS) is 12.9. The van der Waals surface area contributed by atoms with Crippen molar-refractivity contribution < 1.29 is 4.74 Å². The van der Waals surface area contributed by atoms with E-state index in [1.165, 1.54) is 0 Å². The Labute approximate surface area is 92.4 Å². The Morgan fingerprint density at radius 2 is 1.93 bits per heavy atom. The molecule has 1 aromatic carbocycles. The van der Waals surface area contributed by atoms with Gasteiger partial charge in [0.1, 0.15) is 5.75 Å². The topological polar surface area (TPSA) is 35.2 Å². The second-order valence-electron chi connectivity index (χ2n) is 3.92. The van der Waals surface area contributed by atoms with Crippen LogP contribution in [0, 0.1) is 0 Å². The van der Waals surface area contributed by atoms with Crippen molar-refractivity contribution in [2.45, 2.75) is 45.8 Å². The molecule has 2 heteroatoms. The molecule has 0 aliphatic rings. The fraction of sp³-hybridized carbons (Fsp3) is 0.538. The van der Waals surface area contributed by atoms with Crippen LogP contribution in [-0.4, -0.2) is 6.10 Å². The molecule has 1 aromatic rings. The molecule has 0 radical (unpaired) electrons. The van der Waals surface area contributed by atoms with Gasteiger partial charge in [-0.2, -0.15) is 0 Å². The van der Waals surface area contributed by atoms with Gasteiger partial charge in [-0.05, 0) is 37.5 Å². The van der Waals surface area contributed by atoms with E-state index in [2.05, 4.69) is 13.8 Å². The molecule has 0 heterocycles. The molecule has 1 rings (SSSR count). The van der Waals surface area contributed by atoms with Crippen LogP contribution >= 0.6 is 0 Å². The summed E-state index contributed by atoms with van der Waals surface area (Å²) in [7, 11) is 0. The van der Waals surface area contributed by atoms with Gasteiger partial charge >= 0.3 is 0 Å². The van der Waals surface area contributed by atoms with Crippen LogP contribution in [0.25, 0.3) is 0 Å². The summed E-state index contributed by atoms with van der Waals surface area (Å²) in [5, 5.41) is 0. The highest BCUT2D eigenvalue weighted by Gasteiger charge is 2.06. The van der Waals surface area contributed by atoms with E-state index in [1.54, 1.807) is 0 Å². The molecule has 84 valence electrons. The summed E-state index contributed by atoms with van der Waals surface area (Å²) in [6, 6.07) is 8.11. The number of hydrogen-bond acceptors (Lipinski definition) is 2. The van der Waals surface area contributed by atoms with Crippen LogP contribution in [0.5, 0.6) is 5.75 Å². The van der Waals surface area contributed by atoms with Gasteiger partial charge in [0.05, 0.1) is 6.10 Å². The van der Waals surface area contributed by atoms with E-state index in [1.807, 2.05) is 31.2 Å². The minimum atomic E-state index is 0.0650. The molecule has 0 unspecified atom stereocenters. The van der Waals surface area contributed by atoms with Crippen molar-refractivity contribution in [1.82, 2.24) is 0 Å². The third-order valence-corrected chi connectivity index (χ3v) is 2.60. The molecular formula is C13H21NO. The van der Waals surface area contributed by atoms with Crippen LogP contribution in [0.1, 0.15) is 45.2 Å². The smallest absolute Gasteiger partial charge is 0.120 e. The predicted molar refractivity (Wildman–Crippen MR) is 64.0 cm³/mol. The first-order valence-electron chi connectivity index (χ1n) is 5.69. The van der Waals surface area contributed by atoms with Crippen molar-refractivity contribution in [3.05, 3.63) is 29.8 Å². The summed E-state index contributed by atoms with van der Waals surface area (Å²) in [5.74, 6) is 0.929. The quantitative estimate of drug-likeness (QED) is 0.804. The minimum Gasteiger partial charge on any atom is -0.490 e. The molecular weight excluding hydrogens is 186 g/mol. The summed E-state index contributed by atoms with van der Waals surface area (Å²) < 4.78 is 5.85. The van der Waals surface area contributed by atoms with Crippen molar-refractivity contribution in [2.24, 2.45) is 5.73 Å². The Bertz CT molecular complexity index is 292. The molecule has 0 bridgehead atoms. The third-order valence-electron chi connectivity index (χ3n) is 2.60. The van der Waals surface area contributed by atoms with Crippen molar-refractivity contribution in [3.63, 3.8) is 0 Å². The van der Waals surface area contributed by atoms with Crippen LogP contribution in [-0.2, 0) is 0 Å². The van der Waals surface area contributed by atoms with Gasteiger partial charge < -0.3 is 10.5 Å². The lowest BCUT2D eigenvalue weighted by Crippen LogP contribution is -2.14. The zero-order valence-electron chi connectivity index (χ0n) is 9.86. The Kier molecular flexibility index (Phi) is 4.63. The van der Waals surface area contributed by atoms with E-state index in [0.29, 0.717) is 6.10 Å².